The maximum Gasteiger partial charge on any atom is 0.251 e. The number of ether oxygens (including phenoxy) is 2. The third-order valence-electron chi connectivity index (χ3n) is 4.90. The Bertz CT molecular complexity index is 1070. The molecule has 3 aromatic carbocycles. The van der Waals surface area contributed by atoms with Crippen molar-refractivity contribution in [2.45, 2.75) is 6.54 Å². The van der Waals surface area contributed by atoms with E-state index in [4.69, 9.17) is 9.47 Å². The molecule has 0 fully saturated rings. The molecule has 0 saturated heterocycles. The Labute approximate surface area is 169 Å². The molecule has 0 bridgehead atoms. The highest BCUT2D eigenvalue weighted by Crippen LogP contribution is 2.36. The highest BCUT2D eigenvalue weighted by Gasteiger charge is 2.26. The van der Waals surface area contributed by atoms with Gasteiger partial charge >= 0.3 is 0 Å². The van der Waals surface area contributed by atoms with E-state index in [1.807, 2.05) is 54.6 Å². The van der Waals surface area contributed by atoms with Crippen LogP contribution in [0.2, 0.25) is 0 Å². The van der Waals surface area contributed by atoms with Gasteiger partial charge in [-0.15, -0.1) is 0 Å². The Morgan fingerprint density at radius 3 is 2.48 bits per heavy atom. The molecule has 5 heteroatoms. The summed E-state index contributed by atoms with van der Waals surface area (Å²) >= 11 is 0. The van der Waals surface area contributed by atoms with E-state index in [-0.39, 0.29) is 11.7 Å². The van der Waals surface area contributed by atoms with Crippen LogP contribution in [0.25, 0.3) is 11.1 Å². The molecule has 0 radical (unpaired) electrons. The van der Waals surface area contributed by atoms with Gasteiger partial charge in [-0.3, -0.25) is 9.59 Å². The number of nitrogens with one attached hydrogen (secondary N) is 1. The molecular formula is C24H21NO4. The average molecular weight is 387 g/mol. The Morgan fingerprint density at radius 1 is 0.862 bits per heavy atom. The van der Waals surface area contributed by atoms with Crippen LogP contribution >= 0.6 is 0 Å². The fraction of sp³-hybridized carbons (Fsp3) is 0.167. The lowest BCUT2D eigenvalue weighted by molar-refractivity contribution is 0.0951. The second-order valence-electron chi connectivity index (χ2n) is 6.81. The first-order valence-corrected chi connectivity index (χ1v) is 9.44. The van der Waals surface area contributed by atoms with Crippen LogP contribution in [0, 0.1) is 0 Å². The summed E-state index contributed by atoms with van der Waals surface area (Å²) in [7, 11) is 1.63. The molecule has 0 heterocycles. The van der Waals surface area contributed by atoms with E-state index in [0.717, 1.165) is 22.4 Å². The van der Waals surface area contributed by atoms with Crippen molar-refractivity contribution in [2.24, 2.45) is 0 Å². The number of amides is 1. The number of rotatable bonds is 7. The fourth-order valence-corrected chi connectivity index (χ4v) is 3.44. The third-order valence-corrected chi connectivity index (χ3v) is 4.90. The number of carbonyl (C=O) groups is 2. The third kappa shape index (κ3) is 3.91. The minimum atomic E-state index is -0.220. The second kappa shape index (κ2) is 8.29. The Balaban J connectivity index is 1.44. The second-order valence-corrected chi connectivity index (χ2v) is 6.81. The molecule has 0 spiro atoms. The van der Waals surface area contributed by atoms with Crippen molar-refractivity contribution in [1.82, 2.24) is 5.32 Å². The van der Waals surface area contributed by atoms with Crippen molar-refractivity contribution in [2.75, 3.05) is 20.3 Å². The number of methoxy groups -OCH3 is 1. The number of carbonyl (C=O) groups excluding carboxylic acids is 2. The van der Waals surface area contributed by atoms with Gasteiger partial charge in [-0.2, -0.15) is 0 Å². The average Bonchev–Trinajstić information content (AvgIpc) is 3.04. The van der Waals surface area contributed by atoms with Gasteiger partial charge in [0.25, 0.3) is 5.91 Å². The summed E-state index contributed by atoms with van der Waals surface area (Å²) in [5, 5.41) is 2.91. The Morgan fingerprint density at radius 2 is 1.66 bits per heavy atom. The number of benzene rings is 3. The number of fused-ring (bicyclic) bond motifs is 3. The zero-order valence-electron chi connectivity index (χ0n) is 16.1. The SMILES string of the molecule is COCCOc1cccc(CNC(=O)c2ccc3c(c2)C(=O)c2ccccc2-3)c1. The predicted octanol–water partition coefficient (Wildman–Crippen LogP) is 3.85. The zero-order chi connectivity index (χ0) is 20.2. The summed E-state index contributed by atoms with van der Waals surface area (Å²) in [5.41, 5.74) is 4.46. The van der Waals surface area contributed by atoms with Crippen LogP contribution in [0.5, 0.6) is 5.75 Å². The smallest absolute Gasteiger partial charge is 0.251 e. The van der Waals surface area contributed by atoms with Gasteiger partial charge in [0.05, 0.1) is 6.61 Å². The van der Waals surface area contributed by atoms with E-state index >= 15 is 0 Å². The van der Waals surface area contributed by atoms with E-state index < -0.39 is 0 Å². The van der Waals surface area contributed by atoms with Gasteiger partial charge in [-0.1, -0.05) is 42.5 Å². The summed E-state index contributed by atoms with van der Waals surface area (Å²) in [6.07, 6.45) is 0. The molecule has 0 unspecified atom stereocenters. The fourth-order valence-electron chi connectivity index (χ4n) is 3.44. The van der Waals surface area contributed by atoms with E-state index in [1.165, 1.54) is 0 Å². The summed E-state index contributed by atoms with van der Waals surface area (Å²) < 4.78 is 10.6. The van der Waals surface area contributed by atoms with Gasteiger partial charge in [0, 0.05) is 30.3 Å². The molecule has 1 aliphatic rings. The van der Waals surface area contributed by atoms with Crippen LogP contribution in [-0.2, 0) is 11.3 Å². The van der Waals surface area contributed by atoms with Crippen molar-refractivity contribution in [3.8, 4) is 16.9 Å². The van der Waals surface area contributed by atoms with Crippen LogP contribution < -0.4 is 10.1 Å². The normalized spacial score (nSPS) is 11.7. The standard InChI is InChI=1S/C24H21NO4/c1-28-11-12-29-18-6-4-5-16(13-18)15-25-24(27)17-9-10-20-19-7-2-3-8-21(19)23(26)22(20)14-17/h2-10,13-14H,11-12,15H2,1H3,(H,25,27). The van der Waals surface area contributed by atoms with E-state index in [0.29, 0.717) is 36.4 Å². The maximum absolute atomic E-state index is 12.6. The molecule has 29 heavy (non-hydrogen) atoms. The summed E-state index contributed by atoms with van der Waals surface area (Å²) in [6, 6.07) is 20.4. The molecule has 0 aromatic heterocycles. The van der Waals surface area contributed by atoms with Crippen LogP contribution in [-0.4, -0.2) is 32.0 Å². The monoisotopic (exact) mass is 387 g/mol. The summed E-state index contributed by atoms with van der Waals surface area (Å²) in [5.74, 6) is 0.475. The molecule has 5 nitrogen and oxygen atoms in total. The van der Waals surface area contributed by atoms with Gasteiger partial charge in [0.1, 0.15) is 12.4 Å². The van der Waals surface area contributed by atoms with Crippen LogP contribution in [0.3, 0.4) is 0 Å². The van der Waals surface area contributed by atoms with Crippen LogP contribution in [0.15, 0.2) is 66.7 Å². The quantitative estimate of drug-likeness (QED) is 0.489. The first kappa shape index (κ1) is 18.9. The van der Waals surface area contributed by atoms with Crippen molar-refractivity contribution in [1.29, 1.82) is 0 Å². The minimum absolute atomic E-state index is 0.0360. The molecule has 4 rings (SSSR count). The topological polar surface area (TPSA) is 64.6 Å². The number of hydrogen-bond acceptors (Lipinski definition) is 4. The van der Waals surface area contributed by atoms with Crippen molar-refractivity contribution in [3.05, 3.63) is 89.0 Å². The largest absolute Gasteiger partial charge is 0.491 e. The highest BCUT2D eigenvalue weighted by atomic mass is 16.5. The van der Waals surface area contributed by atoms with Crippen molar-refractivity contribution >= 4 is 11.7 Å². The van der Waals surface area contributed by atoms with Gasteiger partial charge in [-0.25, -0.2) is 0 Å². The molecule has 0 atom stereocenters. The number of ketones is 1. The molecule has 0 aliphatic heterocycles. The highest BCUT2D eigenvalue weighted by molar-refractivity contribution is 6.22. The van der Waals surface area contributed by atoms with E-state index in [1.54, 1.807) is 19.2 Å². The van der Waals surface area contributed by atoms with Crippen LogP contribution in [0.1, 0.15) is 31.8 Å². The first-order chi connectivity index (χ1) is 14.2. The summed E-state index contributed by atoms with van der Waals surface area (Å²) in [4.78, 5) is 25.3. The number of hydrogen-bond donors (Lipinski definition) is 1. The Hall–Kier alpha value is -3.44. The first-order valence-electron chi connectivity index (χ1n) is 9.44. The molecule has 146 valence electrons. The predicted molar refractivity (Wildman–Crippen MR) is 110 cm³/mol. The zero-order valence-corrected chi connectivity index (χ0v) is 16.1. The van der Waals surface area contributed by atoms with E-state index in [9.17, 15) is 9.59 Å². The van der Waals surface area contributed by atoms with Crippen molar-refractivity contribution in [3.63, 3.8) is 0 Å². The van der Waals surface area contributed by atoms with Crippen LogP contribution in [0.4, 0.5) is 0 Å². The molecule has 1 N–H and O–H groups in total. The lowest BCUT2D eigenvalue weighted by Gasteiger charge is -2.09. The Kier molecular flexibility index (Phi) is 5.40. The summed E-state index contributed by atoms with van der Waals surface area (Å²) in [6.45, 7) is 1.35. The van der Waals surface area contributed by atoms with Gasteiger partial charge in [-0.05, 0) is 41.0 Å². The van der Waals surface area contributed by atoms with Gasteiger partial charge in [0.2, 0.25) is 0 Å². The van der Waals surface area contributed by atoms with E-state index in [2.05, 4.69) is 5.32 Å². The van der Waals surface area contributed by atoms with Gasteiger partial charge < -0.3 is 14.8 Å². The van der Waals surface area contributed by atoms with Crippen molar-refractivity contribution < 1.29 is 19.1 Å². The molecule has 3 aromatic rings. The lowest BCUT2D eigenvalue weighted by Crippen LogP contribution is -2.23. The molecule has 1 amide bonds. The molecular weight excluding hydrogens is 366 g/mol. The van der Waals surface area contributed by atoms with Gasteiger partial charge in [0.15, 0.2) is 5.78 Å². The minimum Gasteiger partial charge on any atom is -0.491 e. The molecule has 0 saturated carbocycles. The lowest BCUT2D eigenvalue weighted by atomic mass is 10.0. The maximum atomic E-state index is 12.6. The molecule has 1 aliphatic carbocycles.